The molecular formula is C24H21F5N4O6S. The number of nitrogens with zero attached hydrogens (tertiary/aromatic N) is 3. The maximum absolute atomic E-state index is 15.4. The van der Waals surface area contributed by atoms with Crippen LogP contribution in [0.15, 0.2) is 47.2 Å². The minimum atomic E-state index is -4.86. The van der Waals surface area contributed by atoms with Gasteiger partial charge in [-0.05, 0) is 36.2 Å². The third-order valence-electron chi connectivity index (χ3n) is 6.58. The predicted octanol–water partition coefficient (Wildman–Crippen LogP) is 3.81. The molecule has 0 bridgehead atoms. The summed E-state index contributed by atoms with van der Waals surface area (Å²) < 4.78 is 114. The Hall–Kier alpha value is -3.76. The average Bonchev–Trinajstić information content (AvgIpc) is 3.39. The number of halogens is 5. The molecule has 1 aromatic heterocycles. The van der Waals surface area contributed by atoms with E-state index in [-0.39, 0.29) is 47.9 Å². The molecule has 2 fully saturated rings. The highest BCUT2D eigenvalue weighted by Crippen LogP contribution is 2.41. The van der Waals surface area contributed by atoms with Crippen LogP contribution in [0.5, 0.6) is 5.75 Å². The fraction of sp³-hybridized carbons (Fsp3) is 0.333. The lowest BCUT2D eigenvalue weighted by molar-refractivity contribution is -0.137. The molecule has 0 aliphatic carbocycles. The molecule has 0 unspecified atom stereocenters. The van der Waals surface area contributed by atoms with Crippen LogP contribution >= 0.6 is 0 Å². The van der Waals surface area contributed by atoms with E-state index in [1.54, 1.807) is 0 Å². The first-order chi connectivity index (χ1) is 18.9. The maximum Gasteiger partial charge on any atom is 0.416 e. The number of morpholine rings is 1. The molecule has 16 heteroatoms. The van der Waals surface area contributed by atoms with E-state index in [2.05, 4.69) is 14.4 Å². The largest absolute Gasteiger partial charge is 0.495 e. The number of ether oxygens (including phenoxy) is 2. The van der Waals surface area contributed by atoms with Crippen molar-refractivity contribution in [3.63, 3.8) is 0 Å². The van der Waals surface area contributed by atoms with E-state index in [4.69, 9.17) is 9.47 Å². The zero-order chi connectivity index (χ0) is 28.8. The van der Waals surface area contributed by atoms with Gasteiger partial charge in [-0.15, -0.1) is 0 Å². The highest BCUT2D eigenvalue weighted by Gasteiger charge is 2.45. The summed E-state index contributed by atoms with van der Waals surface area (Å²) in [6.07, 6.45) is -4.37. The van der Waals surface area contributed by atoms with Gasteiger partial charge in [-0.3, -0.25) is 9.52 Å². The molecule has 10 nitrogen and oxygen atoms in total. The highest BCUT2D eigenvalue weighted by atomic mass is 32.2. The number of rotatable bonds is 6. The molecule has 2 saturated heterocycles. The van der Waals surface area contributed by atoms with Crippen LogP contribution in [-0.4, -0.2) is 62.7 Å². The van der Waals surface area contributed by atoms with Gasteiger partial charge in [0.2, 0.25) is 0 Å². The Morgan fingerprint density at radius 2 is 1.93 bits per heavy atom. The zero-order valence-electron chi connectivity index (χ0n) is 20.6. The number of amides is 1. The molecular weight excluding hydrogens is 567 g/mol. The van der Waals surface area contributed by atoms with Crippen LogP contribution in [0.25, 0.3) is 11.1 Å². The number of hydrogen-bond donors (Lipinski definition) is 1. The van der Waals surface area contributed by atoms with Gasteiger partial charge in [0.1, 0.15) is 30.3 Å². The molecule has 1 N–H and O–H groups in total. The number of fused-ring (bicyclic) bond motifs is 1. The summed E-state index contributed by atoms with van der Waals surface area (Å²) >= 11 is 0. The topological polar surface area (TPSA) is 114 Å². The summed E-state index contributed by atoms with van der Waals surface area (Å²) in [5, 5.41) is 3.52. The average molecular weight is 589 g/mol. The van der Waals surface area contributed by atoms with E-state index in [9.17, 15) is 30.8 Å². The second kappa shape index (κ2) is 10.3. The van der Waals surface area contributed by atoms with Gasteiger partial charge in [0, 0.05) is 30.8 Å². The summed E-state index contributed by atoms with van der Waals surface area (Å²) in [6.45, 7) is -0.626. The van der Waals surface area contributed by atoms with Crippen molar-refractivity contribution < 1.29 is 49.2 Å². The lowest BCUT2D eigenvalue weighted by atomic mass is 9.97. The molecule has 0 saturated carbocycles. The first-order valence-electron chi connectivity index (χ1n) is 11.7. The van der Waals surface area contributed by atoms with Crippen LogP contribution in [0.1, 0.15) is 12.0 Å². The third-order valence-corrected chi connectivity index (χ3v) is 8.06. The summed E-state index contributed by atoms with van der Waals surface area (Å²) in [7, 11) is -2.82. The van der Waals surface area contributed by atoms with Crippen molar-refractivity contribution in [2.75, 3.05) is 36.4 Å². The second-order valence-corrected chi connectivity index (χ2v) is 10.7. The monoisotopic (exact) mass is 588 g/mol. The van der Waals surface area contributed by atoms with Gasteiger partial charge < -0.3 is 18.9 Å². The van der Waals surface area contributed by atoms with Crippen LogP contribution in [0, 0.1) is 11.6 Å². The second-order valence-electron chi connectivity index (χ2n) is 9.05. The van der Waals surface area contributed by atoms with E-state index in [0.29, 0.717) is 12.1 Å². The molecule has 2 aliphatic heterocycles. The van der Waals surface area contributed by atoms with Crippen LogP contribution in [0.3, 0.4) is 0 Å². The Labute approximate surface area is 224 Å². The van der Waals surface area contributed by atoms with Gasteiger partial charge in [0.15, 0.2) is 5.82 Å². The van der Waals surface area contributed by atoms with E-state index in [0.717, 1.165) is 22.5 Å². The summed E-state index contributed by atoms with van der Waals surface area (Å²) in [5.74, 6) is -2.88. The van der Waals surface area contributed by atoms with Gasteiger partial charge >= 0.3 is 16.4 Å². The number of nitrogens with one attached hydrogen (secondary N) is 1. The number of hydrogen-bond acceptors (Lipinski definition) is 7. The molecule has 1 amide bonds. The van der Waals surface area contributed by atoms with Crippen LogP contribution in [-0.2, 0) is 25.9 Å². The van der Waals surface area contributed by atoms with Crippen LogP contribution < -0.4 is 14.4 Å². The van der Waals surface area contributed by atoms with Gasteiger partial charge in [0.05, 0.1) is 30.5 Å². The maximum atomic E-state index is 15.4. The van der Waals surface area contributed by atoms with Crippen LogP contribution in [0.4, 0.5) is 33.5 Å². The van der Waals surface area contributed by atoms with E-state index in [1.807, 2.05) is 0 Å². The summed E-state index contributed by atoms with van der Waals surface area (Å²) in [5.41, 5.74) is -2.07. The lowest BCUT2D eigenvalue weighted by Gasteiger charge is -2.46. The number of alkyl halides is 3. The van der Waals surface area contributed by atoms with E-state index < -0.39 is 58.2 Å². The number of aromatic nitrogens is 1. The smallest absolute Gasteiger partial charge is 0.416 e. The molecule has 2 aromatic carbocycles. The normalized spacial score (nSPS) is 20.4. The number of benzene rings is 2. The molecule has 0 spiro atoms. The first kappa shape index (κ1) is 27.8. The van der Waals surface area contributed by atoms with Crippen molar-refractivity contribution >= 4 is 27.6 Å². The molecule has 214 valence electrons. The van der Waals surface area contributed by atoms with Crippen molar-refractivity contribution in [1.29, 1.82) is 0 Å². The van der Waals surface area contributed by atoms with E-state index >= 15 is 4.39 Å². The number of carbonyl (C=O) groups is 1. The standard InChI is InChI=1S/C24H21F5N4O6S/c1-37-20-9-16(13-6-14(24(27,28)29)8-15(25)7-13)17(26)10-19(20)33-18-2-4-32(11-21(18)38-12-23(33)34)40(35,36)31-22-3-5-39-30-22/h3,5-10,18,21H,2,4,11-12H2,1H3,(H,30,31)/t18-,21-/m1/s1. The van der Waals surface area contributed by atoms with E-state index in [1.165, 1.54) is 24.3 Å². The first-order valence-corrected chi connectivity index (χ1v) is 13.2. The molecule has 2 aliphatic rings. The zero-order valence-corrected chi connectivity index (χ0v) is 21.4. The van der Waals surface area contributed by atoms with Gasteiger partial charge in [-0.1, -0.05) is 5.16 Å². The molecule has 5 rings (SSSR count). The Bertz CT molecular complexity index is 1530. The predicted molar refractivity (Wildman–Crippen MR) is 130 cm³/mol. The SMILES string of the molecule is COc1cc(-c2cc(F)cc(C(F)(F)F)c2)c(F)cc1N1C(=O)CO[C@@H]2CN(S(=O)(=O)Nc3ccon3)CC[C@H]21. The highest BCUT2D eigenvalue weighted by molar-refractivity contribution is 7.90. The number of methoxy groups -OCH3 is 1. The molecule has 3 heterocycles. The summed E-state index contributed by atoms with van der Waals surface area (Å²) in [4.78, 5) is 14.2. The minimum absolute atomic E-state index is 0.0237. The number of piperidine rings is 1. The Balaban J connectivity index is 1.45. The van der Waals surface area contributed by atoms with Gasteiger partial charge in [0.25, 0.3) is 5.91 Å². The van der Waals surface area contributed by atoms with Crippen molar-refractivity contribution in [2.45, 2.75) is 24.7 Å². The molecule has 3 aromatic rings. The summed E-state index contributed by atoms with van der Waals surface area (Å²) in [6, 6.07) is 4.27. The van der Waals surface area contributed by atoms with Gasteiger partial charge in [-0.25, -0.2) is 8.78 Å². The minimum Gasteiger partial charge on any atom is -0.495 e. The van der Waals surface area contributed by atoms with Crippen molar-refractivity contribution in [2.24, 2.45) is 0 Å². The number of anilines is 2. The van der Waals surface area contributed by atoms with Crippen molar-refractivity contribution in [3.8, 4) is 16.9 Å². The van der Waals surface area contributed by atoms with Crippen molar-refractivity contribution in [1.82, 2.24) is 9.46 Å². The Kier molecular flexibility index (Phi) is 7.18. The Morgan fingerprint density at radius 1 is 1.15 bits per heavy atom. The molecule has 0 radical (unpaired) electrons. The Morgan fingerprint density at radius 3 is 2.60 bits per heavy atom. The third kappa shape index (κ3) is 5.33. The lowest BCUT2D eigenvalue weighted by Crippen LogP contribution is -2.62. The van der Waals surface area contributed by atoms with Gasteiger partial charge in [-0.2, -0.15) is 25.9 Å². The fourth-order valence-corrected chi connectivity index (χ4v) is 5.97. The number of carbonyl (C=O) groups excluding carboxylic acids is 1. The quantitative estimate of drug-likeness (QED) is 0.436. The fourth-order valence-electron chi connectivity index (χ4n) is 4.79. The van der Waals surface area contributed by atoms with Crippen molar-refractivity contribution in [3.05, 3.63) is 59.9 Å². The van der Waals surface area contributed by atoms with Crippen LogP contribution in [0.2, 0.25) is 0 Å². The molecule has 2 atom stereocenters. The molecule has 40 heavy (non-hydrogen) atoms.